The third-order valence-electron chi connectivity index (χ3n) is 4.70. The lowest BCUT2D eigenvalue weighted by atomic mass is 10.1. The predicted molar refractivity (Wildman–Crippen MR) is 109 cm³/mol. The van der Waals surface area contributed by atoms with E-state index >= 15 is 0 Å². The molecule has 1 aromatic rings. The minimum absolute atomic E-state index is 0.0773. The SMILES string of the molecule is CNC(=O)CN(C)C(=O)COC(=O)/C=C/c1ccc(N2CCCCCC2)cc1. The van der Waals surface area contributed by atoms with Gasteiger partial charge in [-0.05, 0) is 36.6 Å². The molecule has 152 valence electrons. The first-order valence-corrected chi connectivity index (χ1v) is 9.64. The van der Waals surface area contributed by atoms with Crippen molar-refractivity contribution < 1.29 is 19.1 Å². The molecule has 1 N–H and O–H groups in total. The number of ether oxygens (including phenoxy) is 1. The Morgan fingerprint density at radius 1 is 1.11 bits per heavy atom. The maximum absolute atomic E-state index is 11.8. The molecule has 7 nitrogen and oxygen atoms in total. The molecule has 1 saturated heterocycles. The number of nitrogens with zero attached hydrogens (tertiary/aromatic N) is 2. The maximum Gasteiger partial charge on any atom is 0.331 e. The van der Waals surface area contributed by atoms with Crippen LogP contribution < -0.4 is 10.2 Å². The molecule has 0 saturated carbocycles. The van der Waals surface area contributed by atoms with Crippen LogP contribution in [0.1, 0.15) is 31.2 Å². The van der Waals surface area contributed by atoms with Crippen LogP contribution in [-0.2, 0) is 19.1 Å². The number of nitrogens with one attached hydrogen (secondary N) is 1. The van der Waals surface area contributed by atoms with Crippen molar-refractivity contribution in [2.75, 3.05) is 45.2 Å². The monoisotopic (exact) mass is 387 g/mol. The lowest BCUT2D eigenvalue weighted by Gasteiger charge is -2.22. The topological polar surface area (TPSA) is 79.0 Å². The number of carbonyl (C=O) groups is 3. The lowest BCUT2D eigenvalue weighted by molar-refractivity contribution is -0.148. The van der Waals surface area contributed by atoms with Gasteiger partial charge in [0.15, 0.2) is 6.61 Å². The number of anilines is 1. The molecule has 0 spiro atoms. The fraction of sp³-hybridized carbons (Fsp3) is 0.476. The summed E-state index contributed by atoms with van der Waals surface area (Å²) in [5.74, 6) is -1.32. The molecule has 0 unspecified atom stereocenters. The normalized spacial score (nSPS) is 14.4. The van der Waals surface area contributed by atoms with Gasteiger partial charge in [0.05, 0.1) is 6.54 Å². The minimum atomic E-state index is -0.599. The van der Waals surface area contributed by atoms with Crippen molar-refractivity contribution in [3.63, 3.8) is 0 Å². The van der Waals surface area contributed by atoms with Gasteiger partial charge in [-0.3, -0.25) is 9.59 Å². The number of hydrogen-bond acceptors (Lipinski definition) is 5. The first kappa shape index (κ1) is 21.5. The van der Waals surface area contributed by atoms with Crippen molar-refractivity contribution in [1.82, 2.24) is 10.2 Å². The highest BCUT2D eigenvalue weighted by Crippen LogP contribution is 2.20. The van der Waals surface area contributed by atoms with E-state index in [4.69, 9.17) is 4.74 Å². The van der Waals surface area contributed by atoms with Crippen molar-refractivity contribution in [2.45, 2.75) is 25.7 Å². The van der Waals surface area contributed by atoms with Crippen LogP contribution in [0.5, 0.6) is 0 Å². The number of carbonyl (C=O) groups excluding carboxylic acids is 3. The summed E-state index contributed by atoms with van der Waals surface area (Å²) in [6.45, 7) is 1.70. The molecule has 1 heterocycles. The average Bonchev–Trinajstić information content (AvgIpc) is 3.00. The molecule has 0 atom stereocenters. The molecule has 0 radical (unpaired) electrons. The molecule has 1 aliphatic heterocycles. The number of rotatable bonds is 7. The first-order valence-electron chi connectivity index (χ1n) is 9.64. The molecule has 2 rings (SSSR count). The van der Waals surface area contributed by atoms with Crippen LogP contribution in [0.3, 0.4) is 0 Å². The van der Waals surface area contributed by atoms with Crippen molar-refractivity contribution in [3.8, 4) is 0 Å². The Balaban J connectivity index is 1.80. The molecular weight excluding hydrogens is 358 g/mol. The van der Waals surface area contributed by atoms with Crippen LogP contribution in [-0.4, -0.2) is 63.0 Å². The number of amides is 2. The van der Waals surface area contributed by atoms with Crippen LogP contribution in [0.4, 0.5) is 5.69 Å². The van der Waals surface area contributed by atoms with Crippen molar-refractivity contribution in [1.29, 1.82) is 0 Å². The highest BCUT2D eigenvalue weighted by Gasteiger charge is 2.13. The summed E-state index contributed by atoms with van der Waals surface area (Å²) in [6.07, 6.45) is 8.00. The van der Waals surface area contributed by atoms with Crippen LogP contribution in [0.15, 0.2) is 30.3 Å². The third kappa shape index (κ3) is 7.06. The first-order chi connectivity index (χ1) is 13.5. The average molecular weight is 387 g/mol. The Bertz CT molecular complexity index is 692. The van der Waals surface area contributed by atoms with Gasteiger partial charge in [0, 0.05) is 38.9 Å². The summed E-state index contributed by atoms with van der Waals surface area (Å²) in [5.41, 5.74) is 2.09. The summed E-state index contributed by atoms with van der Waals surface area (Å²) in [7, 11) is 2.97. The van der Waals surface area contributed by atoms with E-state index in [1.54, 1.807) is 6.08 Å². The summed E-state index contributed by atoms with van der Waals surface area (Å²) in [6, 6.07) is 8.06. The van der Waals surface area contributed by atoms with Crippen molar-refractivity contribution in [3.05, 3.63) is 35.9 Å². The smallest absolute Gasteiger partial charge is 0.331 e. The molecule has 0 aliphatic carbocycles. The molecule has 0 aromatic heterocycles. The summed E-state index contributed by atoms with van der Waals surface area (Å²) in [5, 5.41) is 2.43. The second-order valence-electron chi connectivity index (χ2n) is 6.86. The maximum atomic E-state index is 11.8. The Kier molecular flexibility index (Phi) is 8.52. The van der Waals surface area contributed by atoms with E-state index in [-0.39, 0.29) is 12.5 Å². The van der Waals surface area contributed by atoms with Crippen molar-refractivity contribution >= 4 is 29.5 Å². The molecular formula is C21H29N3O4. The second kappa shape index (κ2) is 11.1. The number of esters is 1. The van der Waals surface area contributed by atoms with E-state index in [1.807, 2.05) is 12.1 Å². The van der Waals surface area contributed by atoms with Crippen LogP contribution in [0.2, 0.25) is 0 Å². The van der Waals surface area contributed by atoms with Gasteiger partial charge in [-0.15, -0.1) is 0 Å². The van der Waals surface area contributed by atoms with Crippen LogP contribution in [0.25, 0.3) is 6.08 Å². The second-order valence-corrected chi connectivity index (χ2v) is 6.86. The highest BCUT2D eigenvalue weighted by molar-refractivity contribution is 5.90. The van der Waals surface area contributed by atoms with E-state index in [2.05, 4.69) is 22.3 Å². The van der Waals surface area contributed by atoms with E-state index in [0.29, 0.717) is 0 Å². The van der Waals surface area contributed by atoms with Gasteiger partial charge in [0.1, 0.15) is 0 Å². The molecule has 28 heavy (non-hydrogen) atoms. The summed E-state index contributed by atoms with van der Waals surface area (Å²) in [4.78, 5) is 38.5. The summed E-state index contributed by atoms with van der Waals surface area (Å²) >= 11 is 0. The van der Waals surface area contributed by atoms with E-state index < -0.39 is 18.5 Å². The largest absolute Gasteiger partial charge is 0.452 e. The third-order valence-corrected chi connectivity index (χ3v) is 4.70. The Hall–Kier alpha value is -2.83. The predicted octanol–water partition coefficient (Wildman–Crippen LogP) is 1.83. The van der Waals surface area contributed by atoms with Gasteiger partial charge in [-0.1, -0.05) is 25.0 Å². The zero-order valence-electron chi connectivity index (χ0n) is 16.6. The fourth-order valence-corrected chi connectivity index (χ4v) is 2.96. The number of hydrogen-bond donors (Lipinski definition) is 1. The molecule has 0 bridgehead atoms. The Morgan fingerprint density at radius 3 is 2.36 bits per heavy atom. The molecule has 1 fully saturated rings. The van der Waals surface area contributed by atoms with E-state index in [9.17, 15) is 14.4 Å². The minimum Gasteiger partial charge on any atom is -0.452 e. The van der Waals surface area contributed by atoms with E-state index in [1.165, 1.54) is 56.4 Å². The number of benzene rings is 1. The van der Waals surface area contributed by atoms with Gasteiger partial charge < -0.3 is 19.9 Å². The molecule has 1 aromatic carbocycles. The number of likely N-dealkylation sites (N-methyl/N-ethyl adjacent to an activating group) is 2. The molecule has 7 heteroatoms. The lowest BCUT2D eigenvalue weighted by Crippen LogP contribution is -2.38. The van der Waals surface area contributed by atoms with Crippen molar-refractivity contribution in [2.24, 2.45) is 0 Å². The quantitative estimate of drug-likeness (QED) is 0.570. The van der Waals surface area contributed by atoms with Crippen LogP contribution in [0, 0.1) is 0 Å². The van der Waals surface area contributed by atoms with Gasteiger partial charge in [0.25, 0.3) is 5.91 Å². The zero-order valence-corrected chi connectivity index (χ0v) is 16.6. The van der Waals surface area contributed by atoms with Gasteiger partial charge >= 0.3 is 5.97 Å². The van der Waals surface area contributed by atoms with Gasteiger partial charge in [-0.25, -0.2) is 4.79 Å². The zero-order chi connectivity index (χ0) is 20.4. The van der Waals surface area contributed by atoms with Gasteiger partial charge in [-0.2, -0.15) is 0 Å². The van der Waals surface area contributed by atoms with Gasteiger partial charge in [0.2, 0.25) is 5.91 Å². The Labute approximate surface area is 166 Å². The molecule has 2 amide bonds. The van der Waals surface area contributed by atoms with E-state index in [0.717, 1.165) is 18.7 Å². The fourth-order valence-electron chi connectivity index (χ4n) is 2.96. The molecule has 1 aliphatic rings. The van der Waals surface area contributed by atoms with Crippen LogP contribution >= 0.6 is 0 Å². The highest BCUT2D eigenvalue weighted by atomic mass is 16.5. The summed E-state index contributed by atoms with van der Waals surface area (Å²) < 4.78 is 4.94. The Morgan fingerprint density at radius 2 is 1.75 bits per heavy atom. The standard InChI is InChI=1S/C21H29N3O4/c1-22-19(25)15-23(2)20(26)16-28-21(27)12-9-17-7-10-18(11-8-17)24-13-5-3-4-6-14-24/h7-12H,3-6,13-16H2,1-2H3,(H,22,25)/b12-9+.